The fourth-order valence-corrected chi connectivity index (χ4v) is 5.08. The number of amides is 5. The standard InChI is InChI=1S/C28H28N6O4/c1-28(2)25(34(38)26(36)30-22-15-7-11-18-9-3-5-13-20(18)22)33(27(37)32(28)17-24(35)31-29)23-16-8-12-19-10-4-6-14-21(19)23/h3-16,25,38H,17,29H2,1-2H3,(H,30,36)(H,31,35)/t25-/m0/s1. The van der Waals surface area contributed by atoms with E-state index in [1.54, 1.807) is 38.1 Å². The van der Waals surface area contributed by atoms with Crippen molar-refractivity contribution in [3.63, 3.8) is 0 Å². The van der Waals surface area contributed by atoms with Crippen LogP contribution in [0.25, 0.3) is 21.5 Å². The van der Waals surface area contributed by atoms with Crippen molar-refractivity contribution in [2.24, 2.45) is 5.84 Å². The highest BCUT2D eigenvalue weighted by Gasteiger charge is 2.56. The summed E-state index contributed by atoms with van der Waals surface area (Å²) in [6.45, 7) is 3.00. The molecule has 1 saturated heterocycles. The second-order valence-electron chi connectivity index (χ2n) is 9.63. The Hall–Kier alpha value is -4.67. The summed E-state index contributed by atoms with van der Waals surface area (Å²) in [5.74, 6) is 4.72. The third-order valence-electron chi connectivity index (χ3n) is 6.97. The molecule has 5 amide bonds. The lowest BCUT2D eigenvalue weighted by atomic mass is 9.99. The van der Waals surface area contributed by atoms with Gasteiger partial charge in [-0.15, -0.1) is 0 Å². The van der Waals surface area contributed by atoms with E-state index in [4.69, 9.17) is 5.84 Å². The van der Waals surface area contributed by atoms with E-state index in [2.05, 4.69) is 5.32 Å². The maximum Gasteiger partial charge on any atom is 0.347 e. The summed E-state index contributed by atoms with van der Waals surface area (Å²) in [6, 6.07) is 24.5. The van der Waals surface area contributed by atoms with Gasteiger partial charge >= 0.3 is 12.1 Å². The van der Waals surface area contributed by atoms with Crippen molar-refractivity contribution in [2.75, 3.05) is 16.8 Å². The fourth-order valence-electron chi connectivity index (χ4n) is 5.08. The van der Waals surface area contributed by atoms with Crippen LogP contribution in [0.4, 0.5) is 21.0 Å². The fraction of sp³-hybridized carbons (Fsp3) is 0.179. The molecule has 10 heteroatoms. The van der Waals surface area contributed by atoms with Crippen LogP contribution in [0.3, 0.4) is 0 Å². The van der Waals surface area contributed by atoms with Crippen molar-refractivity contribution >= 4 is 50.9 Å². The van der Waals surface area contributed by atoms with Crippen LogP contribution in [0, 0.1) is 0 Å². The first kappa shape index (κ1) is 25.0. The molecular formula is C28H28N6O4. The molecule has 1 atom stereocenters. The van der Waals surface area contributed by atoms with Gasteiger partial charge in [0, 0.05) is 10.8 Å². The highest BCUT2D eigenvalue weighted by atomic mass is 16.5. The Morgan fingerprint density at radius 1 is 0.921 bits per heavy atom. The molecule has 0 aromatic heterocycles. The monoisotopic (exact) mass is 512 g/mol. The Morgan fingerprint density at radius 2 is 1.50 bits per heavy atom. The van der Waals surface area contributed by atoms with Crippen LogP contribution in [0.15, 0.2) is 84.9 Å². The van der Waals surface area contributed by atoms with Gasteiger partial charge in [-0.3, -0.25) is 20.3 Å². The predicted octanol–water partition coefficient (Wildman–Crippen LogP) is 4.25. The largest absolute Gasteiger partial charge is 0.347 e. The van der Waals surface area contributed by atoms with Gasteiger partial charge in [0.2, 0.25) is 0 Å². The average Bonchev–Trinajstić information content (AvgIpc) is 3.12. The lowest BCUT2D eigenvalue weighted by molar-refractivity contribution is -0.124. The summed E-state index contributed by atoms with van der Waals surface area (Å²) < 4.78 is 0. The molecule has 0 spiro atoms. The van der Waals surface area contributed by atoms with Crippen molar-refractivity contribution < 1.29 is 19.6 Å². The number of nitrogens with one attached hydrogen (secondary N) is 2. The normalized spacial score (nSPS) is 16.6. The van der Waals surface area contributed by atoms with E-state index >= 15 is 0 Å². The highest BCUT2D eigenvalue weighted by Crippen LogP contribution is 2.40. The van der Waals surface area contributed by atoms with E-state index in [1.165, 1.54) is 9.80 Å². The maximum atomic E-state index is 13.8. The summed E-state index contributed by atoms with van der Waals surface area (Å²) in [5, 5.41) is 18.0. The Balaban J connectivity index is 1.58. The van der Waals surface area contributed by atoms with Gasteiger partial charge < -0.3 is 10.2 Å². The van der Waals surface area contributed by atoms with Crippen LogP contribution in [0.2, 0.25) is 0 Å². The first-order valence-corrected chi connectivity index (χ1v) is 12.1. The number of urea groups is 2. The van der Waals surface area contributed by atoms with Crippen LogP contribution in [-0.2, 0) is 4.79 Å². The van der Waals surface area contributed by atoms with E-state index in [9.17, 15) is 19.6 Å². The van der Waals surface area contributed by atoms with Gasteiger partial charge in [-0.05, 0) is 36.8 Å². The molecule has 0 bridgehead atoms. The number of hydrazine groups is 1. The molecule has 4 aromatic rings. The molecule has 10 nitrogen and oxygen atoms in total. The number of hydrogen-bond acceptors (Lipinski definition) is 5. The second-order valence-corrected chi connectivity index (χ2v) is 9.63. The van der Waals surface area contributed by atoms with Crippen molar-refractivity contribution in [1.82, 2.24) is 15.4 Å². The number of carbonyl (C=O) groups is 3. The van der Waals surface area contributed by atoms with Gasteiger partial charge in [-0.1, -0.05) is 72.8 Å². The van der Waals surface area contributed by atoms with Gasteiger partial charge in [-0.25, -0.2) is 15.4 Å². The Labute approximate surface area is 219 Å². The number of hydroxylamine groups is 2. The molecule has 0 aliphatic carbocycles. The smallest absolute Gasteiger partial charge is 0.306 e. The Morgan fingerprint density at radius 3 is 2.18 bits per heavy atom. The van der Waals surface area contributed by atoms with E-state index in [-0.39, 0.29) is 6.54 Å². The second kappa shape index (κ2) is 9.66. The number of carbonyl (C=O) groups excluding carboxylic acids is 3. The van der Waals surface area contributed by atoms with Gasteiger partial charge in [0.15, 0.2) is 6.17 Å². The molecule has 4 aromatic carbocycles. The minimum atomic E-state index is -1.20. The van der Waals surface area contributed by atoms with E-state index in [0.29, 0.717) is 16.4 Å². The molecule has 0 radical (unpaired) electrons. The zero-order chi connectivity index (χ0) is 27.0. The SMILES string of the molecule is CC1(C)[C@H](N(O)C(=O)Nc2cccc3ccccc23)N(c2cccc3ccccc23)C(=O)N1CC(=O)NN. The van der Waals surface area contributed by atoms with Crippen LogP contribution in [0.1, 0.15) is 13.8 Å². The third-order valence-corrected chi connectivity index (χ3v) is 6.97. The molecular weight excluding hydrogens is 484 g/mol. The van der Waals surface area contributed by atoms with Gasteiger partial charge in [0.05, 0.1) is 16.9 Å². The Kier molecular flexibility index (Phi) is 6.35. The number of nitrogens with two attached hydrogens (primary N) is 1. The molecule has 5 N–H and O–H groups in total. The number of fused-ring (bicyclic) bond motifs is 2. The van der Waals surface area contributed by atoms with Crippen molar-refractivity contribution in [1.29, 1.82) is 0 Å². The highest BCUT2D eigenvalue weighted by molar-refractivity contribution is 6.07. The van der Waals surface area contributed by atoms with Crippen LogP contribution in [0.5, 0.6) is 0 Å². The summed E-state index contributed by atoms with van der Waals surface area (Å²) in [7, 11) is 0. The van der Waals surface area contributed by atoms with Crippen molar-refractivity contribution in [2.45, 2.75) is 25.6 Å². The summed E-state index contributed by atoms with van der Waals surface area (Å²) in [6.07, 6.45) is -1.19. The summed E-state index contributed by atoms with van der Waals surface area (Å²) in [5.41, 5.74) is 1.83. The molecule has 38 heavy (non-hydrogen) atoms. The average molecular weight is 513 g/mol. The first-order valence-electron chi connectivity index (χ1n) is 12.1. The van der Waals surface area contributed by atoms with Crippen molar-refractivity contribution in [3.05, 3.63) is 84.9 Å². The molecule has 1 aliphatic rings. The zero-order valence-electron chi connectivity index (χ0n) is 21.0. The third kappa shape index (κ3) is 4.15. The van der Waals surface area contributed by atoms with Gasteiger partial charge in [0.1, 0.15) is 6.54 Å². The van der Waals surface area contributed by atoms with E-state index in [1.807, 2.05) is 66.1 Å². The molecule has 5 rings (SSSR count). The number of anilines is 2. The quantitative estimate of drug-likeness (QED) is 0.137. The minimum Gasteiger partial charge on any atom is -0.306 e. The van der Waals surface area contributed by atoms with Gasteiger partial charge in [-0.2, -0.15) is 5.06 Å². The van der Waals surface area contributed by atoms with Crippen LogP contribution < -0.4 is 21.5 Å². The topological polar surface area (TPSA) is 131 Å². The number of hydrogen-bond donors (Lipinski definition) is 4. The number of rotatable bonds is 5. The Bertz CT molecular complexity index is 1540. The maximum absolute atomic E-state index is 13.8. The zero-order valence-corrected chi connectivity index (χ0v) is 21.0. The number of benzene rings is 4. The van der Waals surface area contributed by atoms with Crippen molar-refractivity contribution in [3.8, 4) is 0 Å². The summed E-state index contributed by atoms with van der Waals surface area (Å²) >= 11 is 0. The lowest BCUT2D eigenvalue weighted by Crippen LogP contribution is -2.58. The van der Waals surface area contributed by atoms with Crippen LogP contribution >= 0.6 is 0 Å². The molecule has 1 aliphatic heterocycles. The lowest BCUT2D eigenvalue weighted by Gasteiger charge is -2.38. The molecule has 0 saturated carbocycles. The minimum absolute atomic E-state index is 0.362. The molecule has 1 fully saturated rings. The molecule has 194 valence electrons. The predicted molar refractivity (Wildman–Crippen MR) is 145 cm³/mol. The molecule has 0 unspecified atom stereocenters. The van der Waals surface area contributed by atoms with E-state index in [0.717, 1.165) is 21.5 Å². The first-order chi connectivity index (χ1) is 18.2. The number of nitrogens with zero attached hydrogens (tertiary/aromatic N) is 3. The molecule has 1 heterocycles. The van der Waals surface area contributed by atoms with E-state index < -0.39 is 29.7 Å². The van der Waals surface area contributed by atoms with Gasteiger partial charge in [0.25, 0.3) is 5.91 Å². The van der Waals surface area contributed by atoms with Crippen LogP contribution in [-0.4, -0.2) is 51.4 Å². The summed E-state index contributed by atoms with van der Waals surface area (Å²) in [4.78, 5) is 42.2.